The van der Waals surface area contributed by atoms with Gasteiger partial charge in [0.15, 0.2) is 17.3 Å². The highest BCUT2D eigenvalue weighted by atomic mass is 15.1. The summed E-state index contributed by atoms with van der Waals surface area (Å²) in [4.78, 5) is 20.8. The van der Waals surface area contributed by atoms with Gasteiger partial charge in [-0.15, -0.1) is 0 Å². The van der Waals surface area contributed by atoms with E-state index in [1.807, 2.05) is 41.9 Å². The second kappa shape index (κ2) is 4.91. The molecule has 0 aliphatic rings. The van der Waals surface area contributed by atoms with Gasteiger partial charge >= 0.3 is 0 Å². The van der Waals surface area contributed by atoms with Crippen LogP contribution >= 0.6 is 0 Å². The zero-order chi connectivity index (χ0) is 16.0. The summed E-state index contributed by atoms with van der Waals surface area (Å²) < 4.78 is 1.93. The minimum atomic E-state index is 0.398. The molecule has 4 aromatic rings. The number of nitrogens with zero attached hydrogens (tertiary/aromatic N) is 5. The number of H-pyrrole nitrogens is 1. The van der Waals surface area contributed by atoms with Crippen LogP contribution in [0.15, 0.2) is 36.7 Å². The number of imidazole rings is 2. The smallest absolute Gasteiger partial charge is 0.183 e. The van der Waals surface area contributed by atoms with Gasteiger partial charge in [0.1, 0.15) is 17.0 Å². The molecule has 0 radical (unpaired) electrons. The molecular weight excluding hydrogens is 290 g/mol. The normalized spacial score (nSPS) is 11.2. The van der Waals surface area contributed by atoms with E-state index >= 15 is 0 Å². The number of rotatable bonds is 2. The summed E-state index contributed by atoms with van der Waals surface area (Å²) >= 11 is 0. The first kappa shape index (κ1) is 13.4. The summed E-state index contributed by atoms with van der Waals surface area (Å²) in [6, 6.07) is 9.99. The Morgan fingerprint density at radius 1 is 1.09 bits per heavy atom. The predicted octanol–water partition coefficient (Wildman–Crippen LogP) is 2.31. The third-order valence-electron chi connectivity index (χ3n) is 3.70. The Morgan fingerprint density at radius 3 is 2.65 bits per heavy atom. The van der Waals surface area contributed by atoms with E-state index < -0.39 is 0 Å². The molecule has 114 valence electrons. The number of anilines is 1. The summed E-state index contributed by atoms with van der Waals surface area (Å²) in [5, 5.41) is 0. The third-order valence-corrected chi connectivity index (χ3v) is 3.70. The first-order chi connectivity index (χ1) is 11.1. The minimum Gasteiger partial charge on any atom is -0.382 e. The number of nitrogens with one attached hydrogen (secondary N) is 1. The van der Waals surface area contributed by atoms with Gasteiger partial charge in [-0.3, -0.25) is 0 Å². The van der Waals surface area contributed by atoms with Crippen molar-refractivity contribution in [1.29, 1.82) is 0 Å². The predicted molar refractivity (Wildman–Crippen MR) is 88.5 cm³/mol. The van der Waals surface area contributed by atoms with Crippen LogP contribution in [0.1, 0.15) is 5.82 Å². The fraction of sp³-hybridized carbons (Fsp3) is 0.125. The summed E-state index contributed by atoms with van der Waals surface area (Å²) in [7, 11) is 1.93. The first-order valence-corrected chi connectivity index (χ1v) is 7.20. The first-order valence-electron chi connectivity index (χ1n) is 7.20. The zero-order valence-corrected chi connectivity index (χ0v) is 12.8. The van der Waals surface area contributed by atoms with E-state index in [1.54, 1.807) is 13.3 Å². The fourth-order valence-electron chi connectivity index (χ4n) is 2.66. The number of aryl methyl sites for hydroxylation is 2. The van der Waals surface area contributed by atoms with Crippen LogP contribution < -0.4 is 5.73 Å². The number of hydrogen-bond donors (Lipinski definition) is 2. The molecule has 1 aromatic carbocycles. The molecule has 0 aliphatic carbocycles. The van der Waals surface area contributed by atoms with E-state index in [4.69, 9.17) is 5.73 Å². The van der Waals surface area contributed by atoms with Gasteiger partial charge in [-0.05, 0) is 6.92 Å². The molecule has 3 heterocycles. The summed E-state index contributed by atoms with van der Waals surface area (Å²) in [6.07, 6.45) is 1.77. The number of benzene rings is 1. The van der Waals surface area contributed by atoms with Gasteiger partial charge in [0, 0.05) is 12.6 Å². The quantitative estimate of drug-likeness (QED) is 0.592. The number of aromatic nitrogens is 6. The molecule has 3 aromatic heterocycles. The van der Waals surface area contributed by atoms with Gasteiger partial charge in [-0.1, -0.05) is 30.3 Å². The molecule has 23 heavy (non-hydrogen) atoms. The van der Waals surface area contributed by atoms with Crippen LogP contribution in [0.25, 0.3) is 33.9 Å². The van der Waals surface area contributed by atoms with Crippen LogP contribution in [-0.4, -0.2) is 29.5 Å². The van der Waals surface area contributed by atoms with E-state index in [9.17, 15) is 0 Å². The summed E-state index contributed by atoms with van der Waals surface area (Å²) in [5.74, 6) is 1.67. The Morgan fingerprint density at radius 2 is 1.87 bits per heavy atom. The maximum Gasteiger partial charge on any atom is 0.183 e. The van der Waals surface area contributed by atoms with Crippen molar-refractivity contribution in [3.8, 4) is 22.8 Å². The van der Waals surface area contributed by atoms with Crippen molar-refractivity contribution >= 4 is 17.0 Å². The third kappa shape index (κ3) is 2.13. The fourth-order valence-corrected chi connectivity index (χ4v) is 2.66. The molecule has 0 aliphatic heterocycles. The van der Waals surface area contributed by atoms with Crippen molar-refractivity contribution in [3.05, 3.63) is 42.5 Å². The monoisotopic (exact) mass is 305 g/mol. The van der Waals surface area contributed by atoms with Gasteiger partial charge in [0.2, 0.25) is 0 Å². The van der Waals surface area contributed by atoms with Crippen LogP contribution in [0.3, 0.4) is 0 Å². The van der Waals surface area contributed by atoms with E-state index in [-0.39, 0.29) is 0 Å². The van der Waals surface area contributed by atoms with Crippen molar-refractivity contribution in [2.24, 2.45) is 7.05 Å². The van der Waals surface area contributed by atoms with Gasteiger partial charge in [-0.25, -0.2) is 19.9 Å². The standard InChI is InChI=1S/C16H15N7/c1-9-19-14(17)12-15(20-9)22-16(21-12)13-11(18-8-23(13)2)10-6-4-3-5-7-10/h3-8H,1-2H3,(H3,17,19,20,21,22). The average Bonchev–Trinajstić information content (AvgIpc) is 3.11. The number of nitrogens with two attached hydrogens (primary N) is 1. The van der Waals surface area contributed by atoms with Crippen molar-refractivity contribution in [2.75, 3.05) is 5.73 Å². The molecule has 0 fully saturated rings. The molecule has 0 saturated carbocycles. The average molecular weight is 305 g/mol. The van der Waals surface area contributed by atoms with Crippen molar-refractivity contribution < 1.29 is 0 Å². The van der Waals surface area contributed by atoms with Crippen LogP contribution in [0, 0.1) is 6.92 Å². The van der Waals surface area contributed by atoms with Crippen LogP contribution in [-0.2, 0) is 7.05 Å². The van der Waals surface area contributed by atoms with E-state index in [2.05, 4.69) is 24.9 Å². The molecule has 3 N–H and O–H groups in total. The molecule has 0 bridgehead atoms. The molecule has 7 heteroatoms. The van der Waals surface area contributed by atoms with Crippen LogP contribution in [0.5, 0.6) is 0 Å². The Kier molecular flexibility index (Phi) is 2.87. The van der Waals surface area contributed by atoms with E-state index in [1.165, 1.54) is 0 Å². The topological polar surface area (TPSA) is 98.3 Å². The van der Waals surface area contributed by atoms with Crippen molar-refractivity contribution in [2.45, 2.75) is 6.92 Å². The van der Waals surface area contributed by atoms with Crippen LogP contribution in [0.4, 0.5) is 5.82 Å². The van der Waals surface area contributed by atoms with E-state index in [0.717, 1.165) is 17.0 Å². The lowest BCUT2D eigenvalue weighted by atomic mass is 10.1. The summed E-state index contributed by atoms with van der Waals surface area (Å²) in [5.41, 5.74) is 9.94. The lowest BCUT2D eigenvalue weighted by Gasteiger charge is -2.03. The van der Waals surface area contributed by atoms with E-state index in [0.29, 0.717) is 28.6 Å². The highest BCUT2D eigenvalue weighted by Gasteiger charge is 2.18. The number of aromatic amines is 1. The molecule has 0 saturated heterocycles. The second-order valence-electron chi connectivity index (χ2n) is 5.36. The Hall–Kier alpha value is -3.22. The van der Waals surface area contributed by atoms with Gasteiger partial charge in [0.05, 0.1) is 12.0 Å². The molecule has 0 atom stereocenters. The molecular formula is C16H15N7. The highest BCUT2D eigenvalue weighted by molar-refractivity contribution is 5.86. The lowest BCUT2D eigenvalue weighted by molar-refractivity contribution is 0.913. The van der Waals surface area contributed by atoms with Crippen molar-refractivity contribution in [1.82, 2.24) is 29.5 Å². The minimum absolute atomic E-state index is 0.398. The summed E-state index contributed by atoms with van der Waals surface area (Å²) in [6.45, 7) is 1.80. The zero-order valence-electron chi connectivity index (χ0n) is 12.8. The molecule has 0 unspecified atom stereocenters. The Labute approximate surface area is 132 Å². The highest BCUT2D eigenvalue weighted by Crippen LogP contribution is 2.30. The van der Waals surface area contributed by atoms with Gasteiger partial charge < -0.3 is 15.3 Å². The SMILES string of the molecule is Cc1nc(N)c2[nH]c(-c3c(-c4ccccc4)ncn3C)nc2n1. The molecule has 0 spiro atoms. The van der Waals surface area contributed by atoms with Gasteiger partial charge in [0.25, 0.3) is 0 Å². The maximum absolute atomic E-state index is 5.97. The molecule has 0 amide bonds. The Bertz CT molecular complexity index is 998. The second-order valence-corrected chi connectivity index (χ2v) is 5.36. The maximum atomic E-state index is 5.97. The molecule has 4 rings (SSSR count). The van der Waals surface area contributed by atoms with Crippen molar-refractivity contribution in [3.63, 3.8) is 0 Å². The lowest BCUT2D eigenvalue weighted by Crippen LogP contribution is -1.96. The Balaban J connectivity index is 1.95. The number of fused-ring (bicyclic) bond motifs is 1. The number of hydrogen-bond acceptors (Lipinski definition) is 5. The molecule has 7 nitrogen and oxygen atoms in total. The van der Waals surface area contributed by atoms with Crippen LogP contribution in [0.2, 0.25) is 0 Å². The largest absolute Gasteiger partial charge is 0.382 e. The number of nitrogen functional groups attached to an aromatic ring is 1. The van der Waals surface area contributed by atoms with Gasteiger partial charge in [-0.2, -0.15) is 0 Å².